The quantitative estimate of drug-likeness (QED) is 0.540. The maximum atomic E-state index is 12.6. The molecule has 0 atom stereocenters. The Balaban J connectivity index is 1.56. The van der Waals surface area contributed by atoms with Gasteiger partial charge in [-0.05, 0) is 56.1 Å². The van der Waals surface area contributed by atoms with Gasteiger partial charge in [0, 0.05) is 24.6 Å². The first-order valence-corrected chi connectivity index (χ1v) is 9.81. The lowest BCUT2D eigenvalue weighted by atomic mass is 9.95. The summed E-state index contributed by atoms with van der Waals surface area (Å²) in [5, 5.41) is 14.9. The predicted molar refractivity (Wildman–Crippen MR) is 111 cm³/mol. The number of halogens is 2. The van der Waals surface area contributed by atoms with Crippen LogP contribution >= 0.6 is 23.2 Å². The highest BCUT2D eigenvalue weighted by Crippen LogP contribution is 2.27. The van der Waals surface area contributed by atoms with Crippen LogP contribution in [0.1, 0.15) is 24.0 Å². The van der Waals surface area contributed by atoms with Gasteiger partial charge in [0.15, 0.2) is 0 Å². The number of nitrogens with one attached hydrogen (secondary N) is 1. The van der Waals surface area contributed by atoms with E-state index < -0.39 is 4.92 Å². The maximum Gasteiger partial charge on any atom is 0.271 e. The summed E-state index contributed by atoms with van der Waals surface area (Å²) in [6.45, 7) is 4.17. The molecule has 1 heterocycles. The van der Waals surface area contributed by atoms with E-state index >= 15 is 0 Å². The first-order valence-electron chi connectivity index (χ1n) is 9.05. The number of benzene rings is 2. The average molecular weight is 422 g/mol. The minimum absolute atomic E-state index is 0.0302. The summed E-state index contributed by atoms with van der Waals surface area (Å²) >= 11 is 12.0. The number of nitro benzene ring substituents is 1. The summed E-state index contributed by atoms with van der Waals surface area (Å²) in [4.78, 5) is 25.4. The van der Waals surface area contributed by atoms with Crippen LogP contribution in [-0.4, -0.2) is 28.8 Å². The van der Waals surface area contributed by atoms with Crippen molar-refractivity contribution in [2.75, 3.05) is 18.4 Å². The van der Waals surface area contributed by atoms with E-state index in [4.69, 9.17) is 23.2 Å². The summed E-state index contributed by atoms with van der Waals surface area (Å²) in [5.41, 5.74) is 2.36. The van der Waals surface area contributed by atoms with Crippen molar-refractivity contribution >= 4 is 40.5 Å². The summed E-state index contributed by atoms with van der Waals surface area (Å²) in [7, 11) is 0. The maximum absolute atomic E-state index is 12.6. The van der Waals surface area contributed by atoms with Crippen LogP contribution in [0.4, 0.5) is 11.4 Å². The van der Waals surface area contributed by atoms with E-state index in [1.54, 1.807) is 12.1 Å². The molecule has 1 N–H and O–H groups in total. The van der Waals surface area contributed by atoms with Crippen LogP contribution < -0.4 is 5.32 Å². The van der Waals surface area contributed by atoms with Gasteiger partial charge in [0.05, 0.1) is 20.7 Å². The minimum atomic E-state index is -0.462. The van der Waals surface area contributed by atoms with Gasteiger partial charge in [0.2, 0.25) is 5.91 Å². The number of aryl methyl sites for hydroxylation is 1. The SMILES string of the molecule is Cc1ccc([N+](=O)[O-])cc1NC(=O)C1CCN(Cc2ccc(Cl)c(Cl)c2)CC1. The fraction of sp³-hybridized carbons (Fsp3) is 0.350. The molecule has 8 heteroatoms. The van der Waals surface area contributed by atoms with Gasteiger partial charge in [-0.25, -0.2) is 0 Å². The van der Waals surface area contributed by atoms with Crippen molar-refractivity contribution in [3.05, 3.63) is 67.7 Å². The number of likely N-dealkylation sites (tertiary alicyclic amines) is 1. The molecular weight excluding hydrogens is 401 g/mol. The molecule has 0 radical (unpaired) electrons. The highest BCUT2D eigenvalue weighted by molar-refractivity contribution is 6.42. The normalized spacial score (nSPS) is 15.4. The fourth-order valence-electron chi connectivity index (χ4n) is 3.34. The minimum Gasteiger partial charge on any atom is -0.325 e. The average Bonchev–Trinajstić information content (AvgIpc) is 2.67. The summed E-state index contributed by atoms with van der Waals surface area (Å²) in [5.74, 6) is -0.193. The smallest absolute Gasteiger partial charge is 0.271 e. The van der Waals surface area contributed by atoms with Crippen LogP contribution in [0.25, 0.3) is 0 Å². The van der Waals surface area contributed by atoms with Crippen LogP contribution in [0.15, 0.2) is 36.4 Å². The molecule has 1 amide bonds. The summed E-state index contributed by atoms with van der Waals surface area (Å²) in [6.07, 6.45) is 1.47. The van der Waals surface area contributed by atoms with Crippen molar-refractivity contribution < 1.29 is 9.72 Å². The van der Waals surface area contributed by atoms with Gasteiger partial charge in [-0.2, -0.15) is 0 Å². The molecule has 1 saturated heterocycles. The molecule has 2 aromatic rings. The number of hydrogen-bond acceptors (Lipinski definition) is 4. The number of amides is 1. The number of nitro groups is 1. The molecule has 28 heavy (non-hydrogen) atoms. The molecule has 1 aliphatic rings. The monoisotopic (exact) mass is 421 g/mol. The van der Waals surface area contributed by atoms with Crippen molar-refractivity contribution in [1.29, 1.82) is 0 Å². The standard InChI is InChI=1S/C20H21Cl2N3O3/c1-13-2-4-16(25(27)28)11-19(13)23-20(26)15-6-8-24(9-7-15)12-14-3-5-17(21)18(22)10-14/h2-5,10-11,15H,6-9,12H2,1H3,(H,23,26). The number of hydrogen-bond donors (Lipinski definition) is 1. The van der Waals surface area contributed by atoms with E-state index in [0.717, 1.165) is 43.6 Å². The van der Waals surface area contributed by atoms with Crippen molar-refractivity contribution in [2.24, 2.45) is 5.92 Å². The van der Waals surface area contributed by atoms with Crippen LogP contribution in [0.2, 0.25) is 10.0 Å². The number of nitrogens with zero attached hydrogens (tertiary/aromatic N) is 2. The molecule has 0 aromatic heterocycles. The molecule has 148 valence electrons. The van der Waals surface area contributed by atoms with Crippen molar-refractivity contribution in [3.63, 3.8) is 0 Å². The molecular formula is C20H21Cl2N3O3. The lowest BCUT2D eigenvalue weighted by Crippen LogP contribution is -2.37. The van der Waals surface area contributed by atoms with Gasteiger partial charge in [-0.1, -0.05) is 35.3 Å². The summed E-state index contributed by atoms with van der Waals surface area (Å²) in [6, 6.07) is 10.1. The molecule has 3 rings (SSSR count). The van der Waals surface area contributed by atoms with Gasteiger partial charge >= 0.3 is 0 Å². The number of anilines is 1. The molecule has 0 bridgehead atoms. The number of non-ortho nitro benzene ring substituents is 1. The second-order valence-electron chi connectivity index (χ2n) is 7.04. The zero-order chi connectivity index (χ0) is 20.3. The van der Waals surface area contributed by atoms with Gasteiger partial charge < -0.3 is 5.32 Å². The van der Waals surface area contributed by atoms with Gasteiger partial charge in [-0.15, -0.1) is 0 Å². The van der Waals surface area contributed by atoms with Crippen LogP contribution in [0.5, 0.6) is 0 Å². The predicted octanol–water partition coefficient (Wildman–Crippen LogP) is 5.06. The Hall–Kier alpha value is -2.15. The first-order chi connectivity index (χ1) is 13.3. The van der Waals surface area contributed by atoms with Crippen molar-refractivity contribution in [2.45, 2.75) is 26.3 Å². The van der Waals surface area contributed by atoms with Crippen molar-refractivity contribution in [1.82, 2.24) is 4.90 Å². The molecule has 0 unspecified atom stereocenters. The molecule has 0 saturated carbocycles. The van der Waals surface area contributed by atoms with E-state index in [9.17, 15) is 14.9 Å². The summed E-state index contributed by atoms with van der Waals surface area (Å²) < 4.78 is 0. The van der Waals surface area contributed by atoms with Crippen molar-refractivity contribution in [3.8, 4) is 0 Å². The molecule has 0 aliphatic carbocycles. The van der Waals surface area contributed by atoms with Gasteiger partial charge in [-0.3, -0.25) is 19.8 Å². The van der Waals surface area contributed by atoms with Gasteiger partial charge in [0.25, 0.3) is 5.69 Å². The van der Waals surface area contributed by atoms with E-state index in [1.807, 2.05) is 19.1 Å². The first kappa shape index (κ1) is 20.6. The van der Waals surface area contributed by atoms with E-state index in [1.165, 1.54) is 12.1 Å². The Labute approximate surface area is 173 Å². The van der Waals surface area contributed by atoms with E-state index in [-0.39, 0.29) is 17.5 Å². The number of carbonyl (C=O) groups is 1. The second-order valence-corrected chi connectivity index (χ2v) is 7.86. The fourth-order valence-corrected chi connectivity index (χ4v) is 3.66. The van der Waals surface area contributed by atoms with Crippen LogP contribution in [-0.2, 0) is 11.3 Å². The molecule has 1 aliphatic heterocycles. The van der Waals surface area contributed by atoms with E-state index in [0.29, 0.717) is 15.7 Å². The number of piperidine rings is 1. The molecule has 2 aromatic carbocycles. The van der Waals surface area contributed by atoms with Crippen LogP contribution in [0, 0.1) is 23.0 Å². The molecule has 6 nitrogen and oxygen atoms in total. The van der Waals surface area contributed by atoms with E-state index in [2.05, 4.69) is 10.2 Å². The largest absolute Gasteiger partial charge is 0.325 e. The lowest BCUT2D eigenvalue weighted by molar-refractivity contribution is -0.384. The molecule has 1 fully saturated rings. The zero-order valence-electron chi connectivity index (χ0n) is 15.5. The van der Waals surface area contributed by atoms with Crippen LogP contribution in [0.3, 0.4) is 0 Å². The topological polar surface area (TPSA) is 75.5 Å². The Morgan fingerprint density at radius 1 is 1.18 bits per heavy atom. The number of carbonyl (C=O) groups excluding carboxylic acids is 1. The highest BCUT2D eigenvalue weighted by Gasteiger charge is 2.25. The Morgan fingerprint density at radius 3 is 2.54 bits per heavy atom. The van der Waals surface area contributed by atoms with Gasteiger partial charge in [0.1, 0.15) is 0 Å². The zero-order valence-corrected chi connectivity index (χ0v) is 17.0. The molecule has 0 spiro atoms. The number of rotatable bonds is 5. The third-order valence-corrected chi connectivity index (χ3v) is 5.78. The highest BCUT2D eigenvalue weighted by atomic mass is 35.5. The Bertz CT molecular complexity index is 896. The third kappa shape index (κ3) is 5.01. The Kier molecular flexibility index (Phi) is 6.54. The second kappa shape index (κ2) is 8.90. The Morgan fingerprint density at radius 2 is 1.89 bits per heavy atom. The lowest BCUT2D eigenvalue weighted by Gasteiger charge is -2.31. The third-order valence-electron chi connectivity index (χ3n) is 5.04.